The lowest BCUT2D eigenvalue weighted by Crippen LogP contribution is -2.41. The average molecular weight is 507 g/mol. The minimum atomic E-state index is 0.0430. The summed E-state index contributed by atoms with van der Waals surface area (Å²) in [6.45, 7) is 11.0. The molecular formula is C30H42N4O3. The summed E-state index contributed by atoms with van der Waals surface area (Å²) in [5.74, 6) is 0.928. The van der Waals surface area contributed by atoms with Gasteiger partial charge in [0, 0.05) is 74.1 Å². The smallest absolute Gasteiger partial charge is 0.120 e. The number of nitrogens with zero attached hydrogens (tertiary/aromatic N) is 1. The highest BCUT2D eigenvalue weighted by atomic mass is 16.3. The lowest BCUT2D eigenvalue weighted by Gasteiger charge is -2.26. The van der Waals surface area contributed by atoms with Crippen LogP contribution in [-0.4, -0.2) is 59.5 Å². The molecule has 3 rings (SSSR count). The number of aromatic hydroxyl groups is 3. The van der Waals surface area contributed by atoms with Gasteiger partial charge in [0.1, 0.15) is 17.2 Å². The Bertz CT molecular complexity index is 957. The number of nitrogens with one attached hydrogen (secondary N) is 3. The molecule has 3 aromatic rings. The summed E-state index contributed by atoms with van der Waals surface area (Å²) in [7, 11) is 0. The predicted molar refractivity (Wildman–Crippen MR) is 150 cm³/mol. The second-order valence-electron chi connectivity index (χ2n) is 9.55. The number of phenols is 3. The Hall–Kier alpha value is -3.10. The van der Waals surface area contributed by atoms with E-state index in [-0.39, 0.29) is 18.1 Å². The van der Waals surface area contributed by atoms with Crippen LogP contribution in [0.1, 0.15) is 55.6 Å². The molecule has 0 bridgehead atoms. The van der Waals surface area contributed by atoms with Gasteiger partial charge in [0.05, 0.1) is 0 Å². The van der Waals surface area contributed by atoms with Crippen LogP contribution in [0.4, 0.5) is 0 Å². The highest BCUT2D eigenvalue weighted by Gasteiger charge is 2.14. The molecule has 0 aromatic heterocycles. The third-order valence-corrected chi connectivity index (χ3v) is 6.85. The van der Waals surface area contributed by atoms with E-state index in [0.717, 1.165) is 56.0 Å². The van der Waals surface area contributed by atoms with Gasteiger partial charge in [-0.2, -0.15) is 0 Å². The van der Waals surface area contributed by atoms with Gasteiger partial charge in [0.15, 0.2) is 0 Å². The van der Waals surface area contributed by atoms with E-state index < -0.39 is 0 Å². The maximum atomic E-state index is 10.2. The van der Waals surface area contributed by atoms with E-state index in [1.54, 1.807) is 18.2 Å². The van der Waals surface area contributed by atoms with Gasteiger partial charge in [-0.05, 0) is 39.0 Å². The second-order valence-corrected chi connectivity index (χ2v) is 9.55. The fourth-order valence-corrected chi connectivity index (χ4v) is 4.54. The van der Waals surface area contributed by atoms with Crippen LogP contribution in [0.25, 0.3) is 0 Å². The van der Waals surface area contributed by atoms with Gasteiger partial charge in [0.2, 0.25) is 0 Å². The van der Waals surface area contributed by atoms with Gasteiger partial charge in [-0.3, -0.25) is 4.90 Å². The van der Waals surface area contributed by atoms with Crippen molar-refractivity contribution in [1.82, 2.24) is 20.9 Å². The van der Waals surface area contributed by atoms with Gasteiger partial charge in [-0.1, -0.05) is 54.6 Å². The van der Waals surface area contributed by atoms with E-state index in [4.69, 9.17) is 0 Å². The molecule has 0 amide bonds. The molecule has 0 aliphatic heterocycles. The van der Waals surface area contributed by atoms with E-state index in [9.17, 15) is 15.3 Å². The minimum absolute atomic E-state index is 0.0430. The summed E-state index contributed by atoms with van der Waals surface area (Å²) >= 11 is 0. The van der Waals surface area contributed by atoms with E-state index in [1.165, 1.54) is 0 Å². The summed E-state index contributed by atoms with van der Waals surface area (Å²) < 4.78 is 0. The molecule has 37 heavy (non-hydrogen) atoms. The molecule has 0 heterocycles. The molecule has 3 aromatic carbocycles. The summed E-state index contributed by atoms with van der Waals surface area (Å²) in [4.78, 5) is 2.39. The molecule has 0 aliphatic carbocycles. The predicted octanol–water partition coefficient (Wildman–Crippen LogP) is 4.46. The zero-order valence-corrected chi connectivity index (χ0v) is 22.2. The van der Waals surface area contributed by atoms with Gasteiger partial charge in [0.25, 0.3) is 0 Å². The number of hydrogen-bond acceptors (Lipinski definition) is 7. The monoisotopic (exact) mass is 506 g/mol. The Balaban J connectivity index is 1.52. The van der Waals surface area contributed by atoms with Gasteiger partial charge in [-0.15, -0.1) is 0 Å². The van der Waals surface area contributed by atoms with Crippen LogP contribution in [0.2, 0.25) is 0 Å². The molecule has 0 radical (unpaired) electrons. The van der Waals surface area contributed by atoms with E-state index in [1.807, 2.05) is 54.6 Å². The third-order valence-electron chi connectivity index (χ3n) is 6.85. The number of hydrogen-bond donors (Lipinski definition) is 6. The van der Waals surface area contributed by atoms with Crippen molar-refractivity contribution in [3.05, 3.63) is 89.5 Å². The Morgan fingerprint density at radius 1 is 0.514 bits per heavy atom. The first kappa shape index (κ1) is 28.5. The van der Waals surface area contributed by atoms with Crippen LogP contribution in [0.15, 0.2) is 72.8 Å². The molecule has 0 saturated carbocycles. The van der Waals surface area contributed by atoms with Crippen molar-refractivity contribution in [2.24, 2.45) is 0 Å². The zero-order chi connectivity index (χ0) is 26.6. The van der Waals surface area contributed by atoms with Crippen molar-refractivity contribution >= 4 is 0 Å². The Morgan fingerprint density at radius 2 is 0.784 bits per heavy atom. The summed E-state index contributed by atoms with van der Waals surface area (Å²) in [5, 5.41) is 41.0. The van der Waals surface area contributed by atoms with Gasteiger partial charge < -0.3 is 31.3 Å². The fourth-order valence-electron chi connectivity index (χ4n) is 4.54. The van der Waals surface area contributed by atoms with Crippen LogP contribution in [0, 0.1) is 0 Å². The number of rotatable bonds is 15. The molecule has 3 atom stereocenters. The molecular weight excluding hydrogens is 464 g/mol. The molecule has 6 N–H and O–H groups in total. The third kappa shape index (κ3) is 8.76. The summed E-state index contributed by atoms with van der Waals surface area (Å²) in [6.07, 6.45) is 0. The van der Waals surface area contributed by atoms with Crippen LogP contribution < -0.4 is 16.0 Å². The minimum Gasteiger partial charge on any atom is -0.508 e. The first-order chi connectivity index (χ1) is 17.9. The van der Waals surface area contributed by atoms with E-state index in [0.29, 0.717) is 17.2 Å². The average Bonchev–Trinajstić information content (AvgIpc) is 2.89. The standard InChI is InChI=1S/C30H42N4O3/c1-22(25-10-4-7-13-28(25)35)31-16-19-34(20-17-32-23(2)26-11-5-8-14-29(26)36)21-18-33-24(3)27-12-6-9-15-30(27)37/h4-15,22-24,31-33,35-37H,16-21H2,1-3H3. The maximum absolute atomic E-state index is 10.2. The molecule has 0 fully saturated rings. The lowest BCUT2D eigenvalue weighted by molar-refractivity contribution is 0.261. The highest BCUT2D eigenvalue weighted by molar-refractivity contribution is 5.35. The fraction of sp³-hybridized carbons (Fsp3) is 0.400. The molecule has 200 valence electrons. The normalized spacial score (nSPS) is 13.9. The topological polar surface area (TPSA) is 100 Å². The Kier molecular flexibility index (Phi) is 11.2. The van der Waals surface area contributed by atoms with Crippen molar-refractivity contribution < 1.29 is 15.3 Å². The van der Waals surface area contributed by atoms with Gasteiger partial charge >= 0.3 is 0 Å². The van der Waals surface area contributed by atoms with Crippen LogP contribution in [0.3, 0.4) is 0 Å². The van der Waals surface area contributed by atoms with Crippen molar-refractivity contribution in [3.63, 3.8) is 0 Å². The van der Waals surface area contributed by atoms with Crippen molar-refractivity contribution in [3.8, 4) is 17.2 Å². The molecule has 7 heteroatoms. The Labute approximate surface area is 221 Å². The van der Waals surface area contributed by atoms with Crippen molar-refractivity contribution in [1.29, 1.82) is 0 Å². The van der Waals surface area contributed by atoms with E-state index in [2.05, 4.69) is 41.6 Å². The first-order valence-electron chi connectivity index (χ1n) is 13.1. The van der Waals surface area contributed by atoms with Crippen molar-refractivity contribution in [2.75, 3.05) is 39.3 Å². The molecule has 3 unspecified atom stereocenters. The van der Waals surface area contributed by atoms with Crippen LogP contribution in [0.5, 0.6) is 17.2 Å². The summed E-state index contributed by atoms with van der Waals surface area (Å²) in [6, 6.07) is 22.4. The SMILES string of the molecule is CC(NCCN(CCNC(C)c1ccccc1O)CCNC(C)c1ccccc1O)c1ccccc1O. The largest absolute Gasteiger partial charge is 0.508 e. The summed E-state index contributed by atoms with van der Waals surface area (Å²) in [5.41, 5.74) is 2.68. The molecule has 0 aliphatic rings. The first-order valence-corrected chi connectivity index (χ1v) is 13.1. The quantitative estimate of drug-likeness (QED) is 0.181. The number of para-hydroxylation sites is 3. The molecule has 0 saturated heterocycles. The van der Waals surface area contributed by atoms with Gasteiger partial charge in [-0.25, -0.2) is 0 Å². The number of phenolic OH excluding ortho intramolecular Hbond substituents is 3. The second kappa shape index (κ2) is 14.6. The zero-order valence-electron chi connectivity index (χ0n) is 22.2. The van der Waals surface area contributed by atoms with Crippen LogP contribution in [-0.2, 0) is 0 Å². The number of benzene rings is 3. The van der Waals surface area contributed by atoms with E-state index >= 15 is 0 Å². The molecule has 0 spiro atoms. The molecule has 7 nitrogen and oxygen atoms in total. The van der Waals surface area contributed by atoms with Crippen molar-refractivity contribution in [2.45, 2.75) is 38.9 Å². The maximum Gasteiger partial charge on any atom is 0.120 e. The highest BCUT2D eigenvalue weighted by Crippen LogP contribution is 2.24. The Morgan fingerprint density at radius 3 is 1.05 bits per heavy atom. The lowest BCUT2D eigenvalue weighted by atomic mass is 10.1. The van der Waals surface area contributed by atoms with Crippen LogP contribution >= 0.6 is 0 Å².